The van der Waals surface area contributed by atoms with Gasteiger partial charge in [0.05, 0.1) is 4.47 Å². The van der Waals surface area contributed by atoms with Crippen LogP contribution in [0.4, 0.5) is 0 Å². The number of benzene rings is 2. The molecule has 0 aliphatic heterocycles. The van der Waals surface area contributed by atoms with E-state index >= 15 is 0 Å². The van der Waals surface area contributed by atoms with Gasteiger partial charge in [0.1, 0.15) is 11.5 Å². The van der Waals surface area contributed by atoms with Crippen molar-refractivity contribution >= 4 is 15.9 Å². The maximum Gasteiger partial charge on any atom is 0.133 e. The summed E-state index contributed by atoms with van der Waals surface area (Å²) in [5.41, 5.74) is 2.68. The van der Waals surface area contributed by atoms with Crippen molar-refractivity contribution in [2.75, 3.05) is 0 Å². The Labute approximate surface area is 109 Å². The van der Waals surface area contributed by atoms with Crippen LogP contribution in [0.5, 0.6) is 11.5 Å². The highest BCUT2D eigenvalue weighted by Crippen LogP contribution is 2.32. The Morgan fingerprint density at radius 1 is 1.06 bits per heavy atom. The minimum absolute atomic E-state index is 0.235. The number of phenols is 2. The summed E-state index contributed by atoms with van der Waals surface area (Å²) in [6.07, 6.45) is 0.513. The van der Waals surface area contributed by atoms with Gasteiger partial charge in [0.25, 0.3) is 0 Å². The summed E-state index contributed by atoms with van der Waals surface area (Å²) < 4.78 is 0.683. The number of rotatable bonds is 2. The summed E-state index contributed by atoms with van der Waals surface area (Å²) in [5, 5.41) is 19.7. The topological polar surface area (TPSA) is 40.5 Å². The van der Waals surface area contributed by atoms with Gasteiger partial charge in [-0.3, -0.25) is 0 Å². The van der Waals surface area contributed by atoms with Gasteiger partial charge >= 0.3 is 0 Å². The largest absolute Gasteiger partial charge is 0.508 e. The molecule has 0 amide bonds. The van der Waals surface area contributed by atoms with Gasteiger partial charge in [-0.05, 0) is 51.7 Å². The molecule has 0 atom stereocenters. The normalized spacial score (nSPS) is 10.5. The Bertz CT molecular complexity index is 550. The molecule has 0 spiro atoms. The van der Waals surface area contributed by atoms with Gasteiger partial charge in [-0.25, -0.2) is 0 Å². The first-order valence-corrected chi connectivity index (χ1v) is 6.12. The van der Waals surface area contributed by atoms with E-state index in [-0.39, 0.29) is 11.5 Å². The summed E-state index contributed by atoms with van der Waals surface area (Å²) in [4.78, 5) is 0. The second-order valence-corrected chi connectivity index (χ2v) is 4.91. The predicted molar refractivity (Wildman–Crippen MR) is 71.5 cm³/mol. The minimum atomic E-state index is 0.235. The van der Waals surface area contributed by atoms with Crippen molar-refractivity contribution in [3.05, 3.63) is 57.6 Å². The van der Waals surface area contributed by atoms with Crippen LogP contribution in [0.15, 0.2) is 40.9 Å². The number of hydrogen-bond acceptors (Lipinski definition) is 2. The van der Waals surface area contributed by atoms with Crippen molar-refractivity contribution in [2.45, 2.75) is 13.3 Å². The summed E-state index contributed by atoms with van der Waals surface area (Å²) in [5.74, 6) is 0.489. The molecule has 2 N–H and O–H groups in total. The van der Waals surface area contributed by atoms with Crippen molar-refractivity contribution in [3.63, 3.8) is 0 Å². The maximum absolute atomic E-state index is 9.95. The zero-order valence-electron chi connectivity index (χ0n) is 9.44. The number of para-hydroxylation sites is 1. The molecule has 3 heteroatoms. The average Bonchev–Trinajstić information content (AvgIpc) is 2.28. The maximum atomic E-state index is 9.95. The van der Waals surface area contributed by atoms with E-state index in [9.17, 15) is 10.2 Å². The molecule has 0 aliphatic rings. The molecule has 0 radical (unpaired) electrons. The fourth-order valence-electron chi connectivity index (χ4n) is 1.81. The fraction of sp³-hybridized carbons (Fsp3) is 0.143. The Morgan fingerprint density at radius 2 is 1.76 bits per heavy atom. The van der Waals surface area contributed by atoms with Crippen LogP contribution in [0, 0.1) is 6.92 Å². The van der Waals surface area contributed by atoms with Gasteiger partial charge in [0.2, 0.25) is 0 Å². The molecule has 17 heavy (non-hydrogen) atoms. The third kappa shape index (κ3) is 2.61. The van der Waals surface area contributed by atoms with Crippen LogP contribution in [-0.2, 0) is 6.42 Å². The van der Waals surface area contributed by atoms with Gasteiger partial charge in [-0.2, -0.15) is 0 Å². The highest BCUT2D eigenvalue weighted by Gasteiger charge is 2.09. The third-order valence-electron chi connectivity index (χ3n) is 2.66. The molecule has 2 rings (SSSR count). The Kier molecular flexibility index (Phi) is 3.38. The van der Waals surface area contributed by atoms with Gasteiger partial charge in [-0.1, -0.05) is 24.3 Å². The van der Waals surface area contributed by atoms with E-state index in [4.69, 9.17) is 0 Å². The van der Waals surface area contributed by atoms with Gasteiger partial charge in [0, 0.05) is 6.42 Å². The summed E-state index contributed by atoms with van der Waals surface area (Å²) in [7, 11) is 0. The van der Waals surface area contributed by atoms with Crippen molar-refractivity contribution in [3.8, 4) is 11.5 Å². The van der Waals surface area contributed by atoms with E-state index in [1.165, 1.54) is 0 Å². The second kappa shape index (κ2) is 4.80. The average molecular weight is 293 g/mol. The van der Waals surface area contributed by atoms with E-state index in [1.54, 1.807) is 12.1 Å². The van der Waals surface area contributed by atoms with E-state index in [0.717, 1.165) is 16.7 Å². The summed E-state index contributed by atoms with van der Waals surface area (Å²) in [6, 6.07) is 10.9. The molecular formula is C14H13BrO2. The molecule has 2 aromatic carbocycles. The second-order valence-electron chi connectivity index (χ2n) is 4.06. The Balaban J connectivity index is 2.40. The standard InChI is InChI=1S/C14H13BrO2/c1-9-6-11(14(17)12(15)7-9)8-10-4-2-3-5-13(10)16/h2-7,16-17H,8H2,1H3. The zero-order valence-corrected chi connectivity index (χ0v) is 11.0. The van der Waals surface area contributed by atoms with Gasteiger partial charge in [0.15, 0.2) is 0 Å². The molecule has 88 valence electrons. The van der Waals surface area contributed by atoms with Crippen LogP contribution in [0.1, 0.15) is 16.7 Å². The third-order valence-corrected chi connectivity index (χ3v) is 3.26. The summed E-state index contributed by atoms with van der Waals surface area (Å²) in [6.45, 7) is 1.97. The van der Waals surface area contributed by atoms with E-state index in [0.29, 0.717) is 10.9 Å². The molecule has 2 nitrogen and oxygen atoms in total. The first kappa shape index (κ1) is 12.0. The lowest BCUT2D eigenvalue weighted by Gasteiger charge is -2.09. The molecule has 2 aromatic rings. The molecule has 0 saturated heterocycles. The lowest BCUT2D eigenvalue weighted by atomic mass is 10.0. The molecule has 0 aliphatic carbocycles. The number of halogens is 1. The van der Waals surface area contributed by atoms with Crippen LogP contribution in [0.2, 0.25) is 0 Å². The number of hydrogen-bond donors (Lipinski definition) is 2. The van der Waals surface area contributed by atoms with Gasteiger partial charge < -0.3 is 10.2 Å². The van der Waals surface area contributed by atoms with E-state index < -0.39 is 0 Å². The molecule has 0 unspecified atom stereocenters. The molecule has 0 saturated carbocycles. The van der Waals surface area contributed by atoms with Crippen molar-refractivity contribution in [2.24, 2.45) is 0 Å². The zero-order chi connectivity index (χ0) is 12.4. The van der Waals surface area contributed by atoms with Crippen LogP contribution in [0.25, 0.3) is 0 Å². The van der Waals surface area contributed by atoms with E-state index in [2.05, 4.69) is 15.9 Å². The first-order chi connectivity index (χ1) is 8.08. The lowest BCUT2D eigenvalue weighted by Crippen LogP contribution is -1.91. The Morgan fingerprint density at radius 3 is 2.47 bits per heavy atom. The van der Waals surface area contributed by atoms with Crippen LogP contribution < -0.4 is 0 Å². The Hall–Kier alpha value is -1.48. The highest BCUT2D eigenvalue weighted by molar-refractivity contribution is 9.10. The lowest BCUT2D eigenvalue weighted by molar-refractivity contribution is 0.461. The minimum Gasteiger partial charge on any atom is -0.508 e. The number of aryl methyl sites for hydroxylation is 1. The van der Waals surface area contributed by atoms with Crippen molar-refractivity contribution < 1.29 is 10.2 Å². The molecule has 0 fully saturated rings. The number of phenolic OH excluding ortho intramolecular Hbond substituents is 2. The molecule has 0 aromatic heterocycles. The molecular weight excluding hydrogens is 280 g/mol. The highest BCUT2D eigenvalue weighted by atomic mass is 79.9. The molecule has 0 bridgehead atoms. The van der Waals surface area contributed by atoms with E-state index in [1.807, 2.05) is 31.2 Å². The SMILES string of the molecule is Cc1cc(Br)c(O)c(Cc2ccccc2O)c1. The van der Waals surface area contributed by atoms with Crippen LogP contribution >= 0.6 is 15.9 Å². The van der Waals surface area contributed by atoms with Crippen LogP contribution in [-0.4, -0.2) is 10.2 Å². The first-order valence-electron chi connectivity index (χ1n) is 5.33. The quantitative estimate of drug-likeness (QED) is 0.885. The molecule has 0 heterocycles. The van der Waals surface area contributed by atoms with Crippen molar-refractivity contribution in [1.29, 1.82) is 0 Å². The summed E-state index contributed by atoms with van der Waals surface area (Å²) >= 11 is 3.32. The van der Waals surface area contributed by atoms with Crippen LogP contribution in [0.3, 0.4) is 0 Å². The smallest absolute Gasteiger partial charge is 0.133 e. The number of aromatic hydroxyl groups is 2. The fourth-order valence-corrected chi connectivity index (χ4v) is 2.42. The van der Waals surface area contributed by atoms with Crippen molar-refractivity contribution in [1.82, 2.24) is 0 Å². The monoisotopic (exact) mass is 292 g/mol. The predicted octanol–water partition coefficient (Wildman–Crippen LogP) is 3.76. The van der Waals surface area contributed by atoms with Gasteiger partial charge in [-0.15, -0.1) is 0 Å².